The van der Waals surface area contributed by atoms with E-state index >= 15 is 0 Å². The van der Waals surface area contributed by atoms with Crippen LogP contribution in [-0.4, -0.2) is 41.7 Å². The zero-order valence-corrected chi connectivity index (χ0v) is 19.2. The van der Waals surface area contributed by atoms with Crippen molar-refractivity contribution in [3.8, 4) is 22.9 Å². The van der Waals surface area contributed by atoms with Crippen LogP contribution in [0.5, 0.6) is 5.75 Å². The van der Waals surface area contributed by atoms with Gasteiger partial charge in [0.2, 0.25) is 17.7 Å². The van der Waals surface area contributed by atoms with Gasteiger partial charge >= 0.3 is 0 Å². The van der Waals surface area contributed by atoms with Crippen LogP contribution < -0.4 is 15.6 Å². The van der Waals surface area contributed by atoms with Crippen LogP contribution in [-0.2, 0) is 19.2 Å². The number of carbonyl (C=O) groups is 4. The van der Waals surface area contributed by atoms with Gasteiger partial charge in [0.1, 0.15) is 5.75 Å². The Labute approximate surface area is 203 Å². The first-order chi connectivity index (χ1) is 17.0. The molecule has 2 fully saturated rings. The van der Waals surface area contributed by atoms with E-state index in [1.807, 2.05) is 24.3 Å². The van der Waals surface area contributed by atoms with Crippen LogP contribution in [0.1, 0.15) is 37.7 Å². The van der Waals surface area contributed by atoms with E-state index in [0.717, 1.165) is 36.8 Å². The minimum atomic E-state index is -0.547. The first-order valence-corrected chi connectivity index (χ1v) is 11.6. The fraction of sp³-hybridized carbons (Fsp3) is 0.346. The molecule has 1 aliphatic carbocycles. The van der Waals surface area contributed by atoms with Gasteiger partial charge in [-0.15, -0.1) is 0 Å². The van der Waals surface area contributed by atoms with Gasteiger partial charge in [0.25, 0.3) is 5.91 Å². The lowest BCUT2D eigenvalue weighted by molar-refractivity contribution is -0.140. The van der Waals surface area contributed by atoms with Crippen LogP contribution in [0.4, 0.5) is 0 Å². The van der Waals surface area contributed by atoms with Gasteiger partial charge in [0.05, 0.1) is 23.5 Å². The molecule has 1 heterocycles. The van der Waals surface area contributed by atoms with Crippen molar-refractivity contribution in [1.29, 1.82) is 5.26 Å². The van der Waals surface area contributed by atoms with E-state index in [0.29, 0.717) is 11.3 Å². The minimum Gasteiger partial charge on any atom is -0.484 e. The van der Waals surface area contributed by atoms with E-state index in [9.17, 15) is 19.2 Å². The molecular formula is C26H26N4O5. The number of nitrogens with one attached hydrogen (secondary N) is 2. The summed E-state index contributed by atoms with van der Waals surface area (Å²) < 4.78 is 5.45. The number of imide groups is 1. The first kappa shape index (κ1) is 24.0. The molecule has 2 unspecified atom stereocenters. The highest BCUT2D eigenvalue weighted by molar-refractivity contribution is 6.05. The third-order valence-electron chi connectivity index (χ3n) is 6.41. The lowest BCUT2D eigenvalue weighted by Crippen LogP contribution is -2.45. The SMILES string of the molecule is N#Cc1ccc(-c2ccc(OCC(=O)NNC(=O)CCN3C(=O)C4CCCCC4C3=O)cc2)cc1. The molecule has 2 aromatic carbocycles. The molecular weight excluding hydrogens is 448 g/mol. The maximum Gasteiger partial charge on any atom is 0.276 e. The summed E-state index contributed by atoms with van der Waals surface area (Å²) in [6, 6.07) is 16.4. The van der Waals surface area contributed by atoms with Crippen molar-refractivity contribution in [3.63, 3.8) is 0 Å². The molecule has 1 saturated carbocycles. The van der Waals surface area contributed by atoms with Crippen molar-refractivity contribution in [2.45, 2.75) is 32.1 Å². The molecule has 0 aromatic heterocycles. The molecule has 9 heteroatoms. The minimum absolute atomic E-state index is 0.00839. The first-order valence-electron chi connectivity index (χ1n) is 11.6. The lowest BCUT2D eigenvalue weighted by atomic mass is 9.81. The molecule has 1 aliphatic heterocycles. The predicted octanol–water partition coefficient (Wildman–Crippen LogP) is 2.32. The van der Waals surface area contributed by atoms with Crippen molar-refractivity contribution < 1.29 is 23.9 Å². The number of amides is 4. The maximum atomic E-state index is 12.5. The molecule has 35 heavy (non-hydrogen) atoms. The highest BCUT2D eigenvalue weighted by atomic mass is 16.5. The predicted molar refractivity (Wildman–Crippen MR) is 125 cm³/mol. The number of likely N-dealkylation sites (tertiary alicyclic amines) is 1. The molecule has 2 atom stereocenters. The molecule has 4 amide bonds. The molecule has 9 nitrogen and oxygen atoms in total. The summed E-state index contributed by atoms with van der Waals surface area (Å²) >= 11 is 0. The largest absolute Gasteiger partial charge is 0.484 e. The monoisotopic (exact) mass is 474 g/mol. The van der Waals surface area contributed by atoms with E-state index in [1.165, 1.54) is 4.90 Å². The Morgan fingerprint density at radius 3 is 2.00 bits per heavy atom. The third kappa shape index (κ3) is 5.66. The number of carbonyl (C=O) groups excluding carboxylic acids is 4. The summed E-state index contributed by atoms with van der Waals surface area (Å²) in [5, 5.41) is 8.89. The zero-order chi connectivity index (χ0) is 24.8. The summed E-state index contributed by atoms with van der Waals surface area (Å²) in [7, 11) is 0. The summed E-state index contributed by atoms with van der Waals surface area (Å²) in [6.45, 7) is -0.294. The third-order valence-corrected chi connectivity index (χ3v) is 6.41. The van der Waals surface area contributed by atoms with E-state index < -0.39 is 11.8 Å². The number of nitrogens with zero attached hydrogens (tertiary/aromatic N) is 2. The fourth-order valence-electron chi connectivity index (χ4n) is 4.53. The molecule has 2 aliphatic rings. The maximum absolute atomic E-state index is 12.5. The second-order valence-electron chi connectivity index (χ2n) is 8.67. The van der Waals surface area contributed by atoms with Crippen molar-refractivity contribution in [2.75, 3.05) is 13.2 Å². The highest BCUT2D eigenvalue weighted by Crippen LogP contribution is 2.37. The normalized spacial score (nSPS) is 19.0. The van der Waals surface area contributed by atoms with Gasteiger partial charge in [-0.2, -0.15) is 5.26 Å². The molecule has 0 bridgehead atoms. The molecule has 0 spiro atoms. The van der Waals surface area contributed by atoms with Crippen molar-refractivity contribution in [3.05, 3.63) is 54.1 Å². The fourth-order valence-corrected chi connectivity index (χ4v) is 4.53. The Morgan fingerprint density at radius 2 is 1.43 bits per heavy atom. The Morgan fingerprint density at radius 1 is 0.886 bits per heavy atom. The Kier molecular flexibility index (Phi) is 7.41. The zero-order valence-electron chi connectivity index (χ0n) is 19.2. The Balaban J connectivity index is 1.17. The number of ether oxygens (including phenoxy) is 1. The van der Waals surface area contributed by atoms with Gasteiger partial charge in [-0.05, 0) is 48.2 Å². The average molecular weight is 475 g/mol. The van der Waals surface area contributed by atoms with Gasteiger partial charge in [-0.25, -0.2) is 0 Å². The molecule has 4 rings (SSSR count). The van der Waals surface area contributed by atoms with Gasteiger partial charge in [-0.1, -0.05) is 37.1 Å². The summed E-state index contributed by atoms with van der Waals surface area (Å²) in [5.74, 6) is -1.42. The van der Waals surface area contributed by atoms with E-state index in [-0.39, 0.29) is 43.2 Å². The number of hydrogen-bond acceptors (Lipinski definition) is 6. The number of fused-ring (bicyclic) bond motifs is 1. The lowest BCUT2D eigenvalue weighted by Gasteiger charge is -2.19. The molecule has 2 N–H and O–H groups in total. The smallest absolute Gasteiger partial charge is 0.276 e. The van der Waals surface area contributed by atoms with Crippen LogP contribution in [0, 0.1) is 23.2 Å². The highest BCUT2D eigenvalue weighted by Gasteiger charge is 2.47. The number of nitriles is 1. The number of hydrazine groups is 1. The average Bonchev–Trinajstić information content (AvgIpc) is 3.14. The standard InChI is InChI=1S/C26H26N4O5/c27-15-17-5-7-18(8-6-17)19-9-11-20(12-10-19)35-16-24(32)29-28-23(31)13-14-30-25(33)21-3-1-2-4-22(21)26(30)34/h5-12,21-22H,1-4,13-14,16H2,(H,28,31)(H,29,32). The second-order valence-corrected chi connectivity index (χ2v) is 8.67. The number of benzene rings is 2. The summed E-state index contributed by atoms with van der Waals surface area (Å²) in [6.07, 6.45) is 3.26. The topological polar surface area (TPSA) is 129 Å². The summed E-state index contributed by atoms with van der Waals surface area (Å²) in [4.78, 5) is 50.2. The van der Waals surface area contributed by atoms with Crippen LogP contribution in [0.3, 0.4) is 0 Å². The van der Waals surface area contributed by atoms with Crippen LogP contribution >= 0.6 is 0 Å². The van der Waals surface area contributed by atoms with Crippen molar-refractivity contribution in [2.24, 2.45) is 11.8 Å². The molecule has 2 aromatic rings. The quantitative estimate of drug-likeness (QED) is 0.468. The van der Waals surface area contributed by atoms with Gasteiger partial charge < -0.3 is 4.74 Å². The summed E-state index contributed by atoms with van der Waals surface area (Å²) in [5.41, 5.74) is 7.03. The van der Waals surface area contributed by atoms with Crippen molar-refractivity contribution >= 4 is 23.6 Å². The van der Waals surface area contributed by atoms with Crippen LogP contribution in [0.15, 0.2) is 48.5 Å². The number of rotatable bonds is 7. The van der Waals surface area contributed by atoms with Gasteiger partial charge in [0, 0.05) is 13.0 Å². The van der Waals surface area contributed by atoms with Crippen molar-refractivity contribution in [1.82, 2.24) is 15.8 Å². The molecule has 1 saturated heterocycles. The van der Waals surface area contributed by atoms with Crippen LogP contribution in [0.25, 0.3) is 11.1 Å². The van der Waals surface area contributed by atoms with E-state index in [2.05, 4.69) is 16.9 Å². The molecule has 0 radical (unpaired) electrons. The van der Waals surface area contributed by atoms with E-state index in [4.69, 9.17) is 10.00 Å². The Bertz CT molecular complexity index is 1130. The van der Waals surface area contributed by atoms with E-state index in [1.54, 1.807) is 24.3 Å². The van der Waals surface area contributed by atoms with Gasteiger partial charge in [-0.3, -0.25) is 34.9 Å². The Hall–Kier alpha value is -4.19. The van der Waals surface area contributed by atoms with Gasteiger partial charge in [0.15, 0.2) is 6.61 Å². The molecule has 180 valence electrons. The van der Waals surface area contributed by atoms with Crippen LogP contribution in [0.2, 0.25) is 0 Å². The number of hydrogen-bond donors (Lipinski definition) is 2. The second kappa shape index (κ2) is 10.8.